The first-order valence-electron chi connectivity index (χ1n) is 9.95. The van der Waals surface area contributed by atoms with Crippen molar-refractivity contribution in [2.24, 2.45) is 5.92 Å². The Labute approximate surface area is 177 Å². The molecule has 0 radical (unpaired) electrons. The molecule has 2 N–H and O–H groups in total. The van der Waals surface area contributed by atoms with Crippen molar-refractivity contribution in [3.8, 4) is 5.75 Å². The molecule has 5 heteroatoms. The highest BCUT2D eigenvalue weighted by atomic mass is 16.5. The topological polar surface area (TPSA) is 67.8 Å². The van der Waals surface area contributed by atoms with Crippen molar-refractivity contribution in [3.05, 3.63) is 102 Å². The van der Waals surface area contributed by atoms with E-state index in [9.17, 15) is 9.90 Å². The van der Waals surface area contributed by atoms with Crippen LogP contribution in [0.4, 0.5) is 0 Å². The van der Waals surface area contributed by atoms with Gasteiger partial charge in [-0.15, -0.1) is 0 Å². The second kappa shape index (κ2) is 11.1. The Morgan fingerprint density at radius 3 is 2.17 bits per heavy atom. The molecule has 156 valence electrons. The molecule has 0 aliphatic rings. The van der Waals surface area contributed by atoms with E-state index in [1.165, 1.54) is 7.11 Å². The van der Waals surface area contributed by atoms with Crippen molar-refractivity contribution >= 4 is 5.97 Å². The van der Waals surface area contributed by atoms with Crippen LogP contribution in [0.1, 0.15) is 22.8 Å². The zero-order valence-corrected chi connectivity index (χ0v) is 17.0. The zero-order valence-electron chi connectivity index (χ0n) is 17.0. The lowest BCUT2D eigenvalue weighted by molar-refractivity contribution is -0.149. The van der Waals surface area contributed by atoms with Gasteiger partial charge >= 0.3 is 5.97 Å². The number of methoxy groups -OCH3 is 1. The van der Waals surface area contributed by atoms with Crippen LogP contribution in [0.15, 0.2) is 84.9 Å². The smallest absolute Gasteiger partial charge is 0.312 e. The van der Waals surface area contributed by atoms with Crippen LogP contribution in [0, 0.1) is 5.92 Å². The number of hydrogen-bond donors (Lipinski definition) is 2. The molecular weight excluding hydrogens is 378 g/mol. The molecule has 0 bridgehead atoms. The minimum absolute atomic E-state index is 0.274. The Balaban J connectivity index is 1.70. The quantitative estimate of drug-likeness (QED) is 0.501. The summed E-state index contributed by atoms with van der Waals surface area (Å²) in [7, 11) is 1.33. The van der Waals surface area contributed by atoms with Crippen LogP contribution >= 0.6 is 0 Å². The van der Waals surface area contributed by atoms with Gasteiger partial charge < -0.3 is 19.9 Å². The van der Waals surface area contributed by atoms with Crippen LogP contribution in [0.2, 0.25) is 0 Å². The molecule has 0 spiro atoms. The highest BCUT2D eigenvalue weighted by Crippen LogP contribution is 2.31. The van der Waals surface area contributed by atoms with Crippen molar-refractivity contribution in [1.29, 1.82) is 0 Å². The molecule has 3 aromatic carbocycles. The lowest BCUT2D eigenvalue weighted by atomic mass is 9.94. The molecule has 0 heterocycles. The van der Waals surface area contributed by atoms with E-state index >= 15 is 0 Å². The molecule has 0 saturated heterocycles. The molecule has 30 heavy (non-hydrogen) atoms. The van der Waals surface area contributed by atoms with Crippen LogP contribution in [0.3, 0.4) is 0 Å². The van der Waals surface area contributed by atoms with Crippen molar-refractivity contribution in [2.45, 2.75) is 19.3 Å². The van der Waals surface area contributed by atoms with E-state index in [0.29, 0.717) is 24.5 Å². The number of esters is 1. The number of carbonyl (C=O) groups excluding carboxylic acids is 1. The lowest BCUT2D eigenvalue weighted by Crippen LogP contribution is -2.34. The number of rotatable bonds is 10. The summed E-state index contributed by atoms with van der Waals surface area (Å²) in [5, 5.41) is 14.3. The third-order valence-corrected chi connectivity index (χ3v) is 4.90. The second-order valence-corrected chi connectivity index (χ2v) is 7.00. The van der Waals surface area contributed by atoms with E-state index in [-0.39, 0.29) is 6.54 Å². The van der Waals surface area contributed by atoms with Crippen molar-refractivity contribution < 1.29 is 19.4 Å². The zero-order chi connectivity index (χ0) is 21.2. The Kier molecular flexibility index (Phi) is 8.01. The molecule has 0 aliphatic heterocycles. The van der Waals surface area contributed by atoms with Gasteiger partial charge in [-0.25, -0.2) is 0 Å². The summed E-state index contributed by atoms with van der Waals surface area (Å²) >= 11 is 0. The number of nitrogens with one attached hydrogen (secondary N) is 1. The highest BCUT2D eigenvalue weighted by Gasteiger charge is 2.30. The van der Waals surface area contributed by atoms with E-state index < -0.39 is 18.0 Å². The molecule has 0 fully saturated rings. The number of ether oxygens (including phenoxy) is 2. The van der Waals surface area contributed by atoms with Crippen molar-refractivity contribution in [2.75, 3.05) is 13.7 Å². The van der Waals surface area contributed by atoms with Gasteiger partial charge in [0.2, 0.25) is 0 Å². The van der Waals surface area contributed by atoms with E-state index in [4.69, 9.17) is 9.47 Å². The van der Waals surface area contributed by atoms with Gasteiger partial charge in [0, 0.05) is 18.7 Å². The fraction of sp³-hybridized carbons (Fsp3) is 0.240. The van der Waals surface area contributed by atoms with E-state index in [2.05, 4.69) is 5.32 Å². The normalized spacial score (nSPS) is 12.7. The lowest BCUT2D eigenvalue weighted by Gasteiger charge is -2.23. The predicted octanol–water partition coefficient (Wildman–Crippen LogP) is 3.88. The van der Waals surface area contributed by atoms with Gasteiger partial charge in [-0.05, 0) is 17.2 Å². The Morgan fingerprint density at radius 2 is 1.50 bits per heavy atom. The minimum atomic E-state index is -1.06. The molecule has 2 unspecified atom stereocenters. The molecule has 3 rings (SSSR count). The maximum Gasteiger partial charge on any atom is 0.312 e. The summed E-state index contributed by atoms with van der Waals surface area (Å²) in [6.45, 7) is 1.24. The van der Waals surface area contributed by atoms with Gasteiger partial charge in [0.25, 0.3) is 0 Å². The fourth-order valence-corrected chi connectivity index (χ4v) is 3.25. The average molecular weight is 405 g/mol. The molecule has 5 nitrogen and oxygen atoms in total. The maximum absolute atomic E-state index is 12.4. The predicted molar refractivity (Wildman–Crippen MR) is 116 cm³/mol. The number of benzene rings is 3. The Morgan fingerprint density at radius 1 is 0.900 bits per heavy atom. The van der Waals surface area contributed by atoms with Crippen LogP contribution < -0.4 is 10.1 Å². The molecule has 2 atom stereocenters. The summed E-state index contributed by atoms with van der Waals surface area (Å²) in [4.78, 5) is 12.4. The molecule has 0 aliphatic carbocycles. The van der Waals surface area contributed by atoms with E-state index in [0.717, 1.165) is 11.1 Å². The van der Waals surface area contributed by atoms with Gasteiger partial charge in [0.15, 0.2) is 0 Å². The van der Waals surface area contributed by atoms with E-state index in [1.54, 1.807) is 12.1 Å². The summed E-state index contributed by atoms with van der Waals surface area (Å²) in [5.41, 5.74) is 2.68. The third kappa shape index (κ3) is 5.92. The van der Waals surface area contributed by atoms with Crippen LogP contribution in [0.25, 0.3) is 0 Å². The second-order valence-electron chi connectivity index (χ2n) is 7.00. The van der Waals surface area contributed by atoms with Crippen molar-refractivity contribution in [3.63, 3.8) is 0 Å². The van der Waals surface area contributed by atoms with Crippen LogP contribution in [-0.4, -0.2) is 24.7 Å². The molecule has 0 aromatic heterocycles. The highest BCUT2D eigenvalue weighted by molar-refractivity contribution is 5.73. The van der Waals surface area contributed by atoms with E-state index in [1.807, 2.05) is 72.8 Å². The standard InChI is InChI=1S/C25H27NO4/c1-29-25(28)22(17-26-16-19-10-4-2-5-11-19)24(27)21-14-8-9-15-23(21)30-18-20-12-6-3-7-13-20/h2-15,22,24,26-27H,16-18H2,1H3. The largest absolute Gasteiger partial charge is 0.489 e. The van der Waals surface area contributed by atoms with Gasteiger partial charge in [-0.2, -0.15) is 0 Å². The van der Waals surface area contributed by atoms with Crippen molar-refractivity contribution in [1.82, 2.24) is 5.32 Å². The summed E-state index contributed by atoms with van der Waals surface area (Å²) < 4.78 is 10.9. The first-order valence-corrected chi connectivity index (χ1v) is 9.95. The molecule has 3 aromatic rings. The first-order chi connectivity index (χ1) is 14.7. The molecule has 0 saturated carbocycles. The SMILES string of the molecule is COC(=O)C(CNCc1ccccc1)C(O)c1ccccc1OCc1ccccc1. The minimum Gasteiger partial charge on any atom is -0.489 e. The number of carbonyl (C=O) groups is 1. The van der Waals surface area contributed by atoms with Crippen LogP contribution in [-0.2, 0) is 22.7 Å². The average Bonchev–Trinajstić information content (AvgIpc) is 2.81. The first kappa shape index (κ1) is 21.6. The third-order valence-electron chi connectivity index (χ3n) is 4.90. The van der Waals surface area contributed by atoms with Crippen LogP contribution in [0.5, 0.6) is 5.75 Å². The number of hydrogen-bond acceptors (Lipinski definition) is 5. The van der Waals surface area contributed by atoms with Gasteiger partial charge in [-0.1, -0.05) is 78.9 Å². The maximum atomic E-state index is 12.4. The van der Waals surface area contributed by atoms with Gasteiger partial charge in [0.1, 0.15) is 12.4 Å². The fourth-order valence-electron chi connectivity index (χ4n) is 3.25. The summed E-state index contributed by atoms with van der Waals surface area (Å²) in [5.74, 6) is -0.688. The van der Waals surface area contributed by atoms with Gasteiger partial charge in [-0.3, -0.25) is 4.79 Å². The number of aliphatic hydroxyl groups excluding tert-OH is 1. The summed E-state index contributed by atoms with van der Waals surface area (Å²) in [6, 6.07) is 26.9. The molecule has 0 amide bonds. The Bertz CT molecular complexity index is 915. The summed E-state index contributed by atoms with van der Waals surface area (Å²) in [6.07, 6.45) is -1.06. The molecular formula is C25H27NO4. The monoisotopic (exact) mass is 405 g/mol. The van der Waals surface area contributed by atoms with Gasteiger partial charge in [0.05, 0.1) is 19.1 Å². The Hall–Kier alpha value is -3.15. The number of para-hydroxylation sites is 1. The number of aliphatic hydroxyl groups is 1.